The quantitative estimate of drug-likeness (QED) is 0.106. The molecule has 3 aliphatic heterocycles. The number of fused-ring (bicyclic) bond motifs is 3. The Morgan fingerprint density at radius 3 is 2.63 bits per heavy atom. The average molecular weight is 490 g/mol. The molecule has 5 aliphatic rings. The van der Waals surface area contributed by atoms with Crippen molar-refractivity contribution in [1.29, 1.82) is 0 Å². The van der Waals surface area contributed by atoms with Gasteiger partial charge in [0.15, 0.2) is 0 Å². The Hall–Kier alpha value is 0.810. The summed E-state index contributed by atoms with van der Waals surface area (Å²) in [5.41, 5.74) is -0.125. The zero-order valence-electron chi connectivity index (χ0n) is 10.8. The molecule has 3 saturated heterocycles. The Balaban J connectivity index is 1.38. The number of carbonyl (C=O) groups excluding carboxylic acids is 1. The van der Waals surface area contributed by atoms with E-state index in [1.807, 2.05) is 0 Å². The van der Waals surface area contributed by atoms with E-state index in [-0.39, 0.29) is 40.3 Å². The Labute approximate surface area is 131 Å². The maximum atomic E-state index is 12.7. The van der Waals surface area contributed by atoms with Gasteiger partial charge in [-0.15, -0.1) is 0 Å². The second-order valence-electron chi connectivity index (χ2n) is 6.37. The van der Waals surface area contributed by atoms with Gasteiger partial charge < -0.3 is 0 Å². The van der Waals surface area contributed by atoms with Crippen molar-refractivity contribution < 1.29 is 31.0 Å². The molecule has 2 bridgehead atoms. The summed E-state index contributed by atoms with van der Waals surface area (Å²) in [6.07, 6.45) is 6.01. The molecule has 0 aromatic carbocycles. The van der Waals surface area contributed by atoms with Crippen molar-refractivity contribution in [2.24, 2.45) is 11.8 Å². The summed E-state index contributed by atoms with van der Waals surface area (Å²) in [5, 5.41) is 0. The van der Waals surface area contributed by atoms with Crippen LogP contribution in [-0.2, 0) is 9.53 Å². The number of halogens is 2. The first kappa shape index (κ1) is 12.4. The fraction of sp³-hybridized carbons (Fsp3) is 0.917. The number of ether oxygens (including phenoxy) is 1. The topological polar surface area (TPSA) is 92.1 Å². The van der Waals surface area contributed by atoms with Crippen LogP contribution in [0.15, 0.2) is 0 Å². The van der Waals surface area contributed by atoms with Gasteiger partial charge >= 0.3 is 132 Å². The summed E-state index contributed by atoms with van der Waals surface area (Å²) < 4.78 is 16.3. The summed E-state index contributed by atoms with van der Waals surface area (Å²) in [5.74, 6) is 1.51. The van der Waals surface area contributed by atoms with Crippen LogP contribution < -0.4 is 32.1 Å². The summed E-state index contributed by atoms with van der Waals surface area (Å²) in [7, 11) is 0. The fourth-order valence-corrected chi connectivity index (χ4v) is 14.2. The Kier molecular flexibility index (Phi) is 2.33. The van der Waals surface area contributed by atoms with E-state index in [4.69, 9.17) is 4.74 Å². The van der Waals surface area contributed by atoms with Crippen molar-refractivity contribution in [3.05, 3.63) is 0 Å². The van der Waals surface area contributed by atoms with Gasteiger partial charge in [-0.25, -0.2) is 0 Å². The molecule has 2 saturated carbocycles. The van der Waals surface area contributed by atoms with E-state index in [0.29, 0.717) is 5.92 Å². The van der Waals surface area contributed by atoms with Crippen molar-refractivity contribution in [1.82, 2.24) is 10.6 Å². The van der Waals surface area contributed by atoms with Crippen LogP contribution in [0, 0.1) is 11.8 Å². The first-order valence-electron chi connectivity index (χ1n) is 7.05. The van der Waals surface area contributed by atoms with Crippen LogP contribution >= 0.6 is 20.4 Å². The van der Waals surface area contributed by atoms with Gasteiger partial charge in [0.25, 0.3) is 0 Å². The first-order valence-corrected chi connectivity index (χ1v) is 12.4. The summed E-state index contributed by atoms with van der Waals surface area (Å²) in [6, 6.07) is 0. The predicted molar refractivity (Wildman–Crippen MR) is 73.5 cm³/mol. The normalized spacial score (nSPS) is 53.2. The first-order chi connectivity index (χ1) is 9.14. The third-order valence-electron chi connectivity index (χ3n) is 5.51. The second kappa shape index (κ2) is 3.58. The van der Waals surface area contributed by atoms with Crippen LogP contribution in [0.25, 0.3) is 0 Å². The monoisotopic (exact) mass is 490 g/mol. The maximum absolute atomic E-state index is 12.7. The Morgan fingerprint density at radius 1 is 1.47 bits per heavy atom. The number of alkyl halides is 2. The van der Waals surface area contributed by atoms with Crippen LogP contribution in [-0.4, -0.2) is 18.8 Å². The number of carbonyl (C=O) groups is 1. The number of nitrogens with one attached hydrogen (secondary N) is 3. The molecule has 3 heterocycles. The predicted octanol–water partition coefficient (Wildman–Crippen LogP) is -2.00. The zero-order valence-corrected chi connectivity index (χ0v) is 15.1. The van der Waals surface area contributed by atoms with Gasteiger partial charge in [-0.1, -0.05) is 0 Å². The van der Waals surface area contributed by atoms with Gasteiger partial charge in [-0.05, 0) is 0 Å². The van der Waals surface area contributed by atoms with Gasteiger partial charge in [-0.2, -0.15) is 0 Å². The molecule has 4 atom stereocenters. The van der Waals surface area contributed by atoms with Gasteiger partial charge in [0, 0.05) is 0 Å². The van der Waals surface area contributed by atoms with Crippen molar-refractivity contribution in [3.8, 4) is 0 Å². The molecule has 5 fully saturated rings. The Morgan fingerprint density at radius 2 is 2.21 bits per heavy atom. The molecular weight excluding hydrogens is 472 g/mol. The standard InChI is InChI=1S/C12H18I2N3O2/c1-2-10(6-7-3-4-8(10)5-7)19-9(18)11(13-15-11)12-14(16-12)17-12/h7-8,15-17H,2-6H2,1H3/q-1. The van der Waals surface area contributed by atoms with E-state index in [2.05, 4.69) is 17.5 Å². The third-order valence-corrected chi connectivity index (χ3v) is 14.0. The van der Waals surface area contributed by atoms with Gasteiger partial charge in [0.1, 0.15) is 0 Å². The van der Waals surface area contributed by atoms with E-state index in [1.165, 1.54) is 19.3 Å². The molecule has 7 heteroatoms. The second-order valence-corrected chi connectivity index (χ2v) is 13.4. The molecule has 0 radical (unpaired) electrons. The third kappa shape index (κ3) is 1.44. The molecule has 0 amide bonds. The van der Waals surface area contributed by atoms with Crippen LogP contribution in [0.1, 0.15) is 39.0 Å². The molecule has 5 rings (SSSR count). The van der Waals surface area contributed by atoms with E-state index in [9.17, 15) is 4.79 Å². The molecule has 2 aliphatic carbocycles. The Bertz CT molecular complexity index is 478. The number of esters is 1. The SMILES string of the molecule is CCC1(OC(=O)C2(C34NI3N4)N[I-]2)CC2CCC1C2. The average Bonchev–Trinajstić information content (AvgIpc) is 3.27. The van der Waals surface area contributed by atoms with Crippen molar-refractivity contribution in [2.45, 2.75) is 51.8 Å². The van der Waals surface area contributed by atoms with Crippen molar-refractivity contribution in [2.75, 3.05) is 0 Å². The fourth-order valence-electron chi connectivity index (χ4n) is 4.16. The molecule has 5 nitrogen and oxygen atoms in total. The van der Waals surface area contributed by atoms with Crippen LogP contribution in [0.3, 0.4) is 0 Å². The molecule has 0 aromatic rings. The zero-order chi connectivity index (χ0) is 12.9. The molecule has 3 N–H and O–H groups in total. The van der Waals surface area contributed by atoms with Gasteiger partial charge in [-0.3, -0.25) is 0 Å². The van der Waals surface area contributed by atoms with Crippen LogP contribution in [0.5, 0.6) is 0 Å². The molecule has 0 spiro atoms. The molecular formula is C12H18I2N3O2-. The van der Waals surface area contributed by atoms with E-state index >= 15 is 0 Å². The van der Waals surface area contributed by atoms with E-state index in [1.54, 1.807) is 0 Å². The van der Waals surface area contributed by atoms with Crippen LogP contribution in [0.4, 0.5) is 0 Å². The molecule has 0 aromatic heterocycles. The number of hydrogen-bond donors (Lipinski definition) is 3. The van der Waals surface area contributed by atoms with E-state index in [0.717, 1.165) is 18.8 Å². The van der Waals surface area contributed by atoms with Gasteiger partial charge in [0.2, 0.25) is 0 Å². The number of hydrogen-bond acceptors (Lipinski definition) is 5. The molecule has 19 heavy (non-hydrogen) atoms. The van der Waals surface area contributed by atoms with Gasteiger partial charge in [0.05, 0.1) is 0 Å². The van der Waals surface area contributed by atoms with Crippen molar-refractivity contribution >= 4 is 26.3 Å². The summed E-state index contributed by atoms with van der Waals surface area (Å²) >= 11 is -1.28. The minimum atomic E-state index is -1.07. The summed E-state index contributed by atoms with van der Waals surface area (Å²) in [6.45, 7) is 2.19. The van der Waals surface area contributed by atoms with Crippen molar-refractivity contribution in [3.63, 3.8) is 0 Å². The minimum absolute atomic E-state index is 0.0494. The molecule has 108 valence electrons. The summed E-state index contributed by atoms with van der Waals surface area (Å²) in [4.78, 5) is 12.7. The molecule has 4 unspecified atom stereocenters. The van der Waals surface area contributed by atoms with Crippen LogP contribution in [0.2, 0.25) is 0 Å². The van der Waals surface area contributed by atoms with E-state index < -0.39 is 20.4 Å². The number of rotatable bonds is 4.